The Labute approximate surface area is 106 Å². The van der Waals surface area contributed by atoms with Gasteiger partial charge in [0.15, 0.2) is 11.5 Å². The van der Waals surface area contributed by atoms with E-state index in [4.69, 9.17) is 5.26 Å². The predicted octanol–water partition coefficient (Wildman–Crippen LogP) is 2.30. The standard InChI is InChI=1S/C13H16N4O/c1-5-13(3,4)12-15-10-6-8(2)9(7-14)11(18)17(10)16-12/h6,18H,5H2,1-4H3. The molecule has 0 saturated carbocycles. The van der Waals surface area contributed by atoms with E-state index in [2.05, 4.69) is 30.9 Å². The van der Waals surface area contributed by atoms with E-state index in [9.17, 15) is 5.11 Å². The van der Waals surface area contributed by atoms with Crippen molar-refractivity contribution in [1.29, 1.82) is 5.26 Å². The van der Waals surface area contributed by atoms with Crippen LogP contribution in [0.5, 0.6) is 5.88 Å². The molecule has 2 aromatic heterocycles. The summed E-state index contributed by atoms with van der Waals surface area (Å²) in [6, 6.07) is 3.74. The van der Waals surface area contributed by atoms with Crippen molar-refractivity contribution < 1.29 is 5.11 Å². The second kappa shape index (κ2) is 3.98. The van der Waals surface area contributed by atoms with E-state index < -0.39 is 0 Å². The van der Waals surface area contributed by atoms with Gasteiger partial charge in [-0.05, 0) is 25.0 Å². The topological polar surface area (TPSA) is 74.2 Å². The first-order chi connectivity index (χ1) is 8.40. The zero-order valence-corrected chi connectivity index (χ0v) is 11.0. The van der Waals surface area contributed by atoms with Crippen molar-refractivity contribution in [3.05, 3.63) is 23.0 Å². The Morgan fingerprint density at radius 1 is 1.50 bits per heavy atom. The van der Waals surface area contributed by atoms with E-state index in [1.807, 2.05) is 6.07 Å². The Morgan fingerprint density at radius 3 is 2.72 bits per heavy atom. The van der Waals surface area contributed by atoms with Crippen LogP contribution in [-0.2, 0) is 5.41 Å². The predicted molar refractivity (Wildman–Crippen MR) is 67.4 cm³/mol. The van der Waals surface area contributed by atoms with Gasteiger partial charge in [-0.25, -0.2) is 4.98 Å². The smallest absolute Gasteiger partial charge is 0.232 e. The third-order valence-electron chi connectivity index (χ3n) is 3.40. The van der Waals surface area contributed by atoms with E-state index in [0.717, 1.165) is 6.42 Å². The number of aromatic nitrogens is 3. The lowest BCUT2D eigenvalue weighted by Gasteiger charge is -2.17. The normalized spacial score (nSPS) is 11.7. The van der Waals surface area contributed by atoms with Crippen molar-refractivity contribution in [2.24, 2.45) is 0 Å². The van der Waals surface area contributed by atoms with Crippen LogP contribution in [0.4, 0.5) is 0 Å². The molecule has 5 heteroatoms. The minimum atomic E-state index is -0.154. The van der Waals surface area contributed by atoms with Crippen LogP contribution in [0.3, 0.4) is 0 Å². The summed E-state index contributed by atoms with van der Waals surface area (Å²) in [7, 11) is 0. The molecule has 94 valence electrons. The molecule has 2 rings (SSSR count). The number of fused-ring (bicyclic) bond motifs is 1. The highest BCUT2D eigenvalue weighted by atomic mass is 16.3. The molecule has 0 atom stereocenters. The van der Waals surface area contributed by atoms with Crippen molar-refractivity contribution in [3.8, 4) is 11.9 Å². The van der Waals surface area contributed by atoms with Crippen molar-refractivity contribution in [3.63, 3.8) is 0 Å². The molecule has 0 amide bonds. The first-order valence-electron chi connectivity index (χ1n) is 5.90. The third-order valence-corrected chi connectivity index (χ3v) is 3.40. The first-order valence-corrected chi connectivity index (χ1v) is 5.90. The molecule has 2 aromatic rings. The van der Waals surface area contributed by atoms with Gasteiger partial charge >= 0.3 is 0 Å². The summed E-state index contributed by atoms with van der Waals surface area (Å²) in [5.41, 5.74) is 1.36. The summed E-state index contributed by atoms with van der Waals surface area (Å²) in [6.07, 6.45) is 0.898. The van der Waals surface area contributed by atoms with Gasteiger partial charge < -0.3 is 5.11 Å². The number of aryl methyl sites for hydroxylation is 1. The van der Waals surface area contributed by atoms with Crippen molar-refractivity contribution >= 4 is 5.65 Å². The monoisotopic (exact) mass is 244 g/mol. The van der Waals surface area contributed by atoms with E-state index in [1.54, 1.807) is 13.0 Å². The summed E-state index contributed by atoms with van der Waals surface area (Å²) < 4.78 is 1.33. The van der Waals surface area contributed by atoms with Crippen LogP contribution in [-0.4, -0.2) is 19.7 Å². The third kappa shape index (κ3) is 1.70. The molecule has 0 bridgehead atoms. The maximum absolute atomic E-state index is 10.0. The average molecular weight is 244 g/mol. The first kappa shape index (κ1) is 12.4. The number of aromatic hydroxyl groups is 1. The van der Waals surface area contributed by atoms with Crippen LogP contribution in [0.15, 0.2) is 6.07 Å². The number of pyridine rings is 1. The molecule has 0 unspecified atom stereocenters. The fourth-order valence-corrected chi connectivity index (χ4v) is 1.70. The van der Waals surface area contributed by atoms with Crippen LogP contribution < -0.4 is 0 Å². The minimum Gasteiger partial charge on any atom is -0.492 e. The van der Waals surface area contributed by atoms with Gasteiger partial charge in [0, 0.05) is 5.41 Å². The summed E-state index contributed by atoms with van der Waals surface area (Å²) in [5, 5.41) is 23.3. The number of rotatable bonds is 2. The van der Waals surface area contributed by atoms with Crippen molar-refractivity contribution in [1.82, 2.24) is 14.6 Å². The molecule has 0 spiro atoms. The molecule has 0 aliphatic carbocycles. The highest BCUT2D eigenvalue weighted by molar-refractivity contribution is 5.54. The van der Waals surface area contributed by atoms with E-state index in [0.29, 0.717) is 17.0 Å². The Morgan fingerprint density at radius 2 is 2.17 bits per heavy atom. The molecule has 0 aliphatic rings. The van der Waals surface area contributed by atoms with Crippen LogP contribution in [0.2, 0.25) is 0 Å². The SMILES string of the molecule is CCC(C)(C)c1nc2cc(C)c(C#N)c(O)n2n1. The summed E-state index contributed by atoms with van der Waals surface area (Å²) >= 11 is 0. The Hall–Kier alpha value is -2.09. The van der Waals surface area contributed by atoms with E-state index >= 15 is 0 Å². The van der Waals surface area contributed by atoms with Crippen LogP contribution >= 0.6 is 0 Å². The highest BCUT2D eigenvalue weighted by Crippen LogP contribution is 2.27. The van der Waals surface area contributed by atoms with Gasteiger partial charge in [0.1, 0.15) is 11.6 Å². The van der Waals surface area contributed by atoms with Gasteiger partial charge in [-0.1, -0.05) is 20.8 Å². The van der Waals surface area contributed by atoms with Crippen LogP contribution in [0.1, 0.15) is 44.1 Å². The Balaban J connectivity index is 2.74. The molecular formula is C13H16N4O. The molecule has 0 saturated heterocycles. The fourth-order valence-electron chi connectivity index (χ4n) is 1.70. The lowest BCUT2D eigenvalue weighted by atomic mass is 9.90. The van der Waals surface area contributed by atoms with Gasteiger partial charge in [-0.3, -0.25) is 0 Å². The number of hydrogen-bond acceptors (Lipinski definition) is 4. The average Bonchev–Trinajstić information content (AvgIpc) is 2.74. The summed E-state index contributed by atoms with van der Waals surface area (Å²) in [5.74, 6) is 0.535. The Kier molecular flexibility index (Phi) is 2.74. The molecular weight excluding hydrogens is 228 g/mol. The second-order valence-corrected chi connectivity index (χ2v) is 5.08. The molecule has 0 radical (unpaired) electrons. The lowest BCUT2D eigenvalue weighted by Crippen LogP contribution is -2.17. The lowest BCUT2D eigenvalue weighted by molar-refractivity contribution is 0.426. The summed E-state index contributed by atoms with van der Waals surface area (Å²) in [6.45, 7) is 7.95. The quantitative estimate of drug-likeness (QED) is 0.879. The van der Waals surface area contributed by atoms with E-state index in [-0.39, 0.29) is 16.9 Å². The largest absolute Gasteiger partial charge is 0.492 e. The fraction of sp³-hybridized carbons (Fsp3) is 0.462. The van der Waals surface area contributed by atoms with Crippen molar-refractivity contribution in [2.75, 3.05) is 0 Å². The number of hydrogen-bond donors (Lipinski definition) is 1. The van der Waals surface area contributed by atoms with E-state index in [1.165, 1.54) is 4.52 Å². The molecule has 0 fully saturated rings. The number of nitrogens with zero attached hydrogens (tertiary/aromatic N) is 4. The molecule has 1 N–H and O–H groups in total. The second-order valence-electron chi connectivity index (χ2n) is 5.08. The van der Waals surface area contributed by atoms with Crippen molar-refractivity contribution in [2.45, 2.75) is 39.5 Å². The van der Waals surface area contributed by atoms with Gasteiger partial charge in [-0.2, -0.15) is 9.78 Å². The Bertz CT molecular complexity index is 649. The molecule has 0 aliphatic heterocycles. The minimum absolute atomic E-state index is 0.141. The van der Waals surface area contributed by atoms with Gasteiger partial charge in [0.25, 0.3) is 0 Å². The van der Waals surface area contributed by atoms with Crippen LogP contribution in [0, 0.1) is 18.3 Å². The van der Waals surface area contributed by atoms with Crippen LogP contribution in [0.25, 0.3) is 5.65 Å². The maximum Gasteiger partial charge on any atom is 0.232 e. The summed E-state index contributed by atoms with van der Waals surface area (Å²) in [4.78, 5) is 4.43. The maximum atomic E-state index is 10.0. The molecule has 18 heavy (non-hydrogen) atoms. The molecule has 0 aromatic carbocycles. The van der Waals surface area contributed by atoms with Gasteiger partial charge in [-0.15, -0.1) is 5.10 Å². The molecule has 5 nitrogen and oxygen atoms in total. The highest BCUT2D eigenvalue weighted by Gasteiger charge is 2.25. The zero-order chi connectivity index (χ0) is 13.5. The van der Waals surface area contributed by atoms with Gasteiger partial charge in [0.05, 0.1) is 0 Å². The van der Waals surface area contributed by atoms with Gasteiger partial charge in [0.2, 0.25) is 5.88 Å². The number of nitriles is 1. The molecule has 2 heterocycles. The zero-order valence-electron chi connectivity index (χ0n) is 11.0.